The molecule has 1 fully saturated rings. The van der Waals surface area contributed by atoms with Crippen LogP contribution in [0.1, 0.15) is 24.4 Å². The number of aromatic nitrogens is 1. The molecule has 0 radical (unpaired) electrons. The summed E-state index contributed by atoms with van der Waals surface area (Å²) in [5.74, 6) is -1.34. The molecule has 122 valence electrons. The van der Waals surface area contributed by atoms with Crippen LogP contribution < -0.4 is 5.43 Å². The van der Waals surface area contributed by atoms with Gasteiger partial charge in [0.1, 0.15) is 6.04 Å². The lowest BCUT2D eigenvalue weighted by atomic mass is 10.2. The highest BCUT2D eigenvalue weighted by Gasteiger charge is 2.24. The van der Waals surface area contributed by atoms with Crippen molar-refractivity contribution < 1.29 is 15.0 Å². The summed E-state index contributed by atoms with van der Waals surface area (Å²) in [7, 11) is 2.05. The van der Waals surface area contributed by atoms with Gasteiger partial charge in [0.15, 0.2) is 5.75 Å². The molecule has 1 saturated heterocycles. The molecule has 1 aliphatic heterocycles. The molecule has 2 heterocycles. The lowest BCUT2D eigenvalue weighted by Crippen LogP contribution is -2.44. The average Bonchev–Trinajstić information content (AvgIpc) is 2.46. The van der Waals surface area contributed by atoms with E-state index in [-0.39, 0.29) is 5.75 Å². The summed E-state index contributed by atoms with van der Waals surface area (Å²) in [5, 5.41) is 19.4. The molecule has 22 heavy (non-hydrogen) atoms. The number of nitrogens with zero attached hydrogens (tertiary/aromatic N) is 3. The van der Waals surface area contributed by atoms with Crippen molar-refractivity contribution in [2.75, 3.05) is 33.2 Å². The van der Waals surface area contributed by atoms with Crippen molar-refractivity contribution in [3.63, 3.8) is 0 Å². The molecule has 0 spiro atoms. The number of likely N-dealkylation sites (N-methyl/N-ethyl adjacent to an activating group) is 1. The fourth-order valence-corrected chi connectivity index (χ4v) is 2.82. The van der Waals surface area contributed by atoms with Gasteiger partial charge in [0.05, 0.1) is 5.69 Å². The van der Waals surface area contributed by atoms with Crippen molar-refractivity contribution in [3.05, 3.63) is 27.7 Å². The molecule has 1 atom stereocenters. The van der Waals surface area contributed by atoms with Gasteiger partial charge in [0.2, 0.25) is 5.43 Å². The Balaban J connectivity index is 2.39. The largest absolute Gasteiger partial charge is 0.503 e. The van der Waals surface area contributed by atoms with E-state index in [2.05, 4.69) is 9.80 Å². The number of rotatable bonds is 4. The number of aliphatic carboxylic acids is 1. The molecular weight excluding hydrogens is 286 g/mol. The minimum absolute atomic E-state index is 0.349. The molecule has 0 bridgehead atoms. The first-order chi connectivity index (χ1) is 10.3. The number of hydrogen-bond acceptors (Lipinski definition) is 5. The van der Waals surface area contributed by atoms with Gasteiger partial charge < -0.3 is 19.7 Å². The number of aryl methyl sites for hydroxylation is 1. The maximum absolute atomic E-state index is 11.9. The maximum atomic E-state index is 11.9. The molecule has 1 aliphatic rings. The molecule has 1 unspecified atom stereocenters. The second kappa shape index (κ2) is 6.50. The quantitative estimate of drug-likeness (QED) is 0.829. The highest BCUT2D eigenvalue weighted by Crippen LogP contribution is 2.22. The molecule has 1 aromatic heterocycles. The Kier molecular flexibility index (Phi) is 4.87. The Morgan fingerprint density at radius 2 is 1.91 bits per heavy atom. The van der Waals surface area contributed by atoms with Crippen LogP contribution in [0.4, 0.5) is 0 Å². The molecule has 2 rings (SSSR count). The van der Waals surface area contributed by atoms with E-state index >= 15 is 0 Å². The Morgan fingerprint density at radius 1 is 1.32 bits per heavy atom. The zero-order valence-electron chi connectivity index (χ0n) is 13.2. The Bertz CT molecular complexity index is 618. The Morgan fingerprint density at radius 3 is 2.45 bits per heavy atom. The van der Waals surface area contributed by atoms with Crippen LogP contribution in [0.5, 0.6) is 5.75 Å². The number of hydrogen-bond donors (Lipinski definition) is 2. The van der Waals surface area contributed by atoms with E-state index in [1.807, 2.05) is 7.05 Å². The summed E-state index contributed by atoms with van der Waals surface area (Å²) >= 11 is 0. The van der Waals surface area contributed by atoms with Crippen LogP contribution in [0.3, 0.4) is 0 Å². The van der Waals surface area contributed by atoms with E-state index in [0.717, 1.165) is 26.2 Å². The van der Waals surface area contributed by atoms with E-state index in [1.165, 1.54) is 10.6 Å². The lowest BCUT2D eigenvalue weighted by Gasteiger charge is -2.33. The monoisotopic (exact) mass is 309 g/mol. The highest BCUT2D eigenvalue weighted by molar-refractivity contribution is 5.71. The lowest BCUT2D eigenvalue weighted by molar-refractivity contribution is -0.140. The zero-order chi connectivity index (χ0) is 16.4. The van der Waals surface area contributed by atoms with Crippen molar-refractivity contribution in [2.45, 2.75) is 26.4 Å². The molecule has 1 aromatic rings. The third-order valence-electron chi connectivity index (χ3n) is 4.23. The van der Waals surface area contributed by atoms with Gasteiger partial charge in [-0.25, -0.2) is 4.79 Å². The SMILES string of the molecule is Cc1cc(=O)c(O)c(CN2CCN(C)CC2)n1C(C)C(=O)O. The third kappa shape index (κ3) is 3.31. The Labute approximate surface area is 129 Å². The first kappa shape index (κ1) is 16.5. The second-order valence-electron chi connectivity index (χ2n) is 5.91. The van der Waals surface area contributed by atoms with E-state index in [1.54, 1.807) is 13.8 Å². The summed E-state index contributed by atoms with van der Waals surface area (Å²) < 4.78 is 1.54. The van der Waals surface area contributed by atoms with Crippen LogP contribution in [-0.4, -0.2) is 63.8 Å². The van der Waals surface area contributed by atoms with E-state index in [0.29, 0.717) is 17.9 Å². The van der Waals surface area contributed by atoms with Crippen LogP contribution >= 0.6 is 0 Å². The second-order valence-corrected chi connectivity index (χ2v) is 5.91. The Hall–Kier alpha value is -1.86. The first-order valence-corrected chi connectivity index (χ1v) is 7.39. The van der Waals surface area contributed by atoms with E-state index in [9.17, 15) is 19.8 Å². The molecule has 7 nitrogen and oxygen atoms in total. The van der Waals surface area contributed by atoms with Crippen LogP contribution in [0.2, 0.25) is 0 Å². The van der Waals surface area contributed by atoms with Gasteiger partial charge in [-0.1, -0.05) is 0 Å². The molecule has 2 N–H and O–H groups in total. The fourth-order valence-electron chi connectivity index (χ4n) is 2.82. The van der Waals surface area contributed by atoms with Crippen LogP contribution in [0.25, 0.3) is 0 Å². The van der Waals surface area contributed by atoms with Gasteiger partial charge in [0, 0.05) is 44.5 Å². The topological polar surface area (TPSA) is 86.0 Å². The minimum Gasteiger partial charge on any atom is -0.503 e. The molecular formula is C15H23N3O4. The molecule has 7 heteroatoms. The summed E-state index contributed by atoms with van der Waals surface area (Å²) in [6.07, 6.45) is 0. The van der Waals surface area contributed by atoms with Gasteiger partial charge in [-0.05, 0) is 20.9 Å². The van der Waals surface area contributed by atoms with Crippen molar-refractivity contribution in [1.82, 2.24) is 14.4 Å². The fraction of sp³-hybridized carbons (Fsp3) is 0.600. The molecule has 0 aliphatic carbocycles. The minimum atomic E-state index is -0.995. The first-order valence-electron chi connectivity index (χ1n) is 7.39. The van der Waals surface area contributed by atoms with E-state index < -0.39 is 17.4 Å². The zero-order valence-corrected chi connectivity index (χ0v) is 13.2. The molecule has 0 saturated carbocycles. The van der Waals surface area contributed by atoms with Gasteiger partial charge in [0.25, 0.3) is 0 Å². The average molecular weight is 309 g/mol. The van der Waals surface area contributed by atoms with Crippen molar-refractivity contribution in [1.29, 1.82) is 0 Å². The van der Waals surface area contributed by atoms with Crippen molar-refractivity contribution in [3.8, 4) is 5.75 Å². The molecule has 0 aromatic carbocycles. The summed E-state index contributed by atoms with van der Waals surface area (Å²) in [5.41, 5.74) is 0.460. The normalized spacial score (nSPS) is 18.3. The summed E-state index contributed by atoms with van der Waals surface area (Å²) in [6, 6.07) is 0.441. The third-order valence-corrected chi connectivity index (χ3v) is 4.23. The number of carboxylic acids is 1. The number of pyridine rings is 1. The predicted molar refractivity (Wildman–Crippen MR) is 82.2 cm³/mol. The van der Waals surface area contributed by atoms with Crippen LogP contribution in [-0.2, 0) is 11.3 Å². The number of carbonyl (C=O) groups is 1. The van der Waals surface area contributed by atoms with Crippen LogP contribution in [0, 0.1) is 6.92 Å². The van der Waals surface area contributed by atoms with Gasteiger partial charge in [-0.2, -0.15) is 0 Å². The predicted octanol–water partition coefficient (Wildman–Crippen LogP) is 0.255. The number of piperazine rings is 1. The number of carboxylic acid groups (broad SMARTS) is 1. The van der Waals surface area contributed by atoms with Gasteiger partial charge >= 0.3 is 5.97 Å². The van der Waals surface area contributed by atoms with E-state index in [4.69, 9.17) is 0 Å². The molecule has 0 amide bonds. The van der Waals surface area contributed by atoms with Gasteiger partial charge in [-0.3, -0.25) is 9.69 Å². The number of aromatic hydroxyl groups is 1. The van der Waals surface area contributed by atoms with Gasteiger partial charge in [-0.15, -0.1) is 0 Å². The van der Waals surface area contributed by atoms with Crippen molar-refractivity contribution >= 4 is 5.97 Å². The smallest absolute Gasteiger partial charge is 0.326 e. The maximum Gasteiger partial charge on any atom is 0.326 e. The summed E-state index contributed by atoms with van der Waals surface area (Å²) in [4.78, 5) is 27.5. The highest BCUT2D eigenvalue weighted by atomic mass is 16.4. The van der Waals surface area contributed by atoms with Crippen LogP contribution in [0.15, 0.2) is 10.9 Å². The summed E-state index contributed by atoms with van der Waals surface area (Å²) in [6.45, 7) is 7.06. The standard InChI is InChI=1S/C15H23N3O4/c1-10-8-13(19)14(20)12(18(10)11(2)15(21)22)9-17-6-4-16(3)5-7-17/h8,11,20H,4-7,9H2,1-3H3,(H,21,22). The van der Waals surface area contributed by atoms with Crippen molar-refractivity contribution in [2.24, 2.45) is 0 Å².